The van der Waals surface area contributed by atoms with E-state index >= 15 is 0 Å². The maximum atomic E-state index is 14.0. The molecule has 1 saturated heterocycles. The minimum atomic E-state index is -0.490. The number of piperidine rings is 1. The van der Waals surface area contributed by atoms with Crippen molar-refractivity contribution >= 4 is 29.2 Å². The number of amides is 1. The van der Waals surface area contributed by atoms with Gasteiger partial charge in [0.1, 0.15) is 5.82 Å². The van der Waals surface area contributed by atoms with Gasteiger partial charge in [0.05, 0.1) is 18.4 Å². The van der Waals surface area contributed by atoms with Gasteiger partial charge < -0.3 is 10.1 Å². The normalized spacial score (nSPS) is 15.2. The van der Waals surface area contributed by atoms with Crippen molar-refractivity contribution in [3.63, 3.8) is 0 Å². The summed E-state index contributed by atoms with van der Waals surface area (Å²) < 4.78 is 18.7. The molecular formula is C21H22ClFN2O3. The third-order valence-electron chi connectivity index (χ3n) is 4.96. The lowest BCUT2D eigenvalue weighted by molar-refractivity contribution is -0.121. The van der Waals surface area contributed by atoms with E-state index in [0.29, 0.717) is 54.3 Å². The first-order chi connectivity index (χ1) is 13.5. The maximum absolute atomic E-state index is 14.0. The third-order valence-corrected chi connectivity index (χ3v) is 5.19. The van der Waals surface area contributed by atoms with Crippen molar-refractivity contribution in [2.75, 3.05) is 25.5 Å². The Morgan fingerprint density at radius 3 is 2.61 bits per heavy atom. The number of carbonyl (C=O) groups excluding carboxylic acids is 2. The Labute approximate surface area is 168 Å². The molecule has 0 bridgehead atoms. The van der Waals surface area contributed by atoms with E-state index in [1.807, 2.05) is 0 Å². The van der Waals surface area contributed by atoms with Crippen LogP contribution in [0.3, 0.4) is 0 Å². The van der Waals surface area contributed by atoms with Gasteiger partial charge in [-0.15, -0.1) is 0 Å². The molecule has 3 rings (SSSR count). The van der Waals surface area contributed by atoms with Gasteiger partial charge in [0.2, 0.25) is 5.91 Å². The molecule has 0 spiro atoms. The molecule has 1 fully saturated rings. The van der Waals surface area contributed by atoms with Gasteiger partial charge in [-0.25, -0.2) is 9.18 Å². The number of ether oxygens (including phenoxy) is 1. The number of para-hydroxylation sites is 1. The highest BCUT2D eigenvalue weighted by Gasteiger charge is 2.26. The highest BCUT2D eigenvalue weighted by molar-refractivity contribution is 6.30. The summed E-state index contributed by atoms with van der Waals surface area (Å²) in [4.78, 5) is 26.6. The monoisotopic (exact) mass is 404 g/mol. The van der Waals surface area contributed by atoms with Crippen molar-refractivity contribution in [1.29, 1.82) is 0 Å². The molecular weight excluding hydrogens is 383 g/mol. The predicted molar refractivity (Wildman–Crippen MR) is 106 cm³/mol. The zero-order chi connectivity index (χ0) is 20.1. The Balaban J connectivity index is 1.56. The summed E-state index contributed by atoms with van der Waals surface area (Å²) in [6.07, 6.45) is 1.34. The summed E-state index contributed by atoms with van der Waals surface area (Å²) in [5.74, 6) is -1.08. The molecule has 5 nitrogen and oxygen atoms in total. The van der Waals surface area contributed by atoms with Crippen LogP contribution in [0.4, 0.5) is 10.1 Å². The van der Waals surface area contributed by atoms with Gasteiger partial charge in [-0.2, -0.15) is 0 Å². The molecule has 0 saturated carbocycles. The minimum absolute atomic E-state index is 0.117. The number of hydrogen-bond acceptors (Lipinski definition) is 4. The number of nitrogens with zero attached hydrogens (tertiary/aromatic N) is 1. The summed E-state index contributed by atoms with van der Waals surface area (Å²) >= 11 is 5.79. The molecule has 0 aromatic heterocycles. The molecule has 1 N–H and O–H groups in total. The number of halogens is 2. The predicted octanol–water partition coefficient (Wildman–Crippen LogP) is 4.12. The van der Waals surface area contributed by atoms with E-state index in [9.17, 15) is 14.0 Å². The molecule has 0 radical (unpaired) electrons. The van der Waals surface area contributed by atoms with Crippen LogP contribution in [0, 0.1) is 11.7 Å². The molecule has 0 atom stereocenters. The molecule has 1 amide bonds. The molecule has 148 valence electrons. The summed E-state index contributed by atoms with van der Waals surface area (Å²) in [5.41, 5.74) is 1.37. The highest BCUT2D eigenvalue weighted by atomic mass is 35.5. The fraction of sp³-hybridized carbons (Fsp3) is 0.333. The number of rotatable bonds is 5. The quantitative estimate of drug-likeness (QED) is 0.762. The van der Waals surface area contributed by atoms with E-state index in [4.69, 9.17) is 16.3 Å². The number of methoxy groups -OCH3 is 1. The minimum Gasteiger partial charge on any atom is -0.465 e. The topological polar surface area (TPSA) is 58.6 Å². The summed E-state index contributed by atoms with van der Waals surface area (Å²) in [5, 5.41) is 3.22. The van der Waals surface area contributed by atoms with Crippen LogP contribution >= 0.6 is 11.6 Å². The first-order valence-corrected chi connectivity index (χ1v) is 9.50. The fourth-order valence-electron chi connectivity index (χ4n) is 3.36. The van der Waals surface area contributed by atoms with Crippen molar-refractivity contribution in [3.8, 4) is 0 Å². The Hall–Kier alpha value is -2.44. The van der Waals surface area contributed by atoms with Crippen molar-refractivity contribution in [2.45, 2.75) is 19.4 Å². The standard InChI is InChI=1S/C21H22ClFN2O3/c1-28-21(27)17-4-2-3-5-19(17)24-20(26)14-8-10-25(11-9-14)13-15-6-7-16(22)12-18(15)23/h2-7,12,14H,8-11,13H2,1H3,(H,24,26). The summed E-state index contributed by atoms with van der Waals surface area (Å²) in [7, 11) is 1.31. The van der Waals surface area contributed by atoms with Crippen LogP contribution in [0.25, 0.3) is 0 Å². The summed E-state index contributed by atoms with van der Waals surface area (Å²) in [6, 6.07) is 11.5. The molecule has 1 aliphatic heterocycles. The Bertz CT molecular complexity index is 866. The van der Waals surface area contributed by atoms with E-state index < -0.39 is 5.97 Å². The van der Waals surface area contributed by atoms with Crippen LogP contribution < -0.4 is 5.32 Å². The van der Waals surface area contributed by atoms with Crippen molar-refractivity contribution < 1.29 is 18.7 Å². The van der Waals surface area contributed by atoms with Crippen LogP contribution in [0.15, 0.2) is 42.5 Å². The smallest absolute Gasteiger partial charge is 0.339 e. The molecule has 0 unspecified atom stereocenters. The molecule has 2 aromatic rings. The van der Waals surface area contributed by atoms with E-state index in [0.717, 1.165) is 0 Å². The first kappa shape index (κ1) is 20.3. The largest absolute Gasteiger partial charge is 0.465 e. The van der Waals surface area contributed by atoms with Gasteiger partial charge in [-0.3, -0.25) is 9.69 Å². The highest BCUT2D eigenvalue weighted by Crippen LogP contribution is 2.24. The number of hydrogen-bond donors (Lipinski definition) is 1. The lowest BCUT2D eigenvalue weighted by Crippen LogP contribution is -2.38. The van der Waals surface area contributed by atoms with Gasteiger partial charge in [0.15, 0.2) is 0 Å². The van der Waals surface area contributed by atoms with E-state index in [-0.39, 0.29) is 17.6 Å². The van der Waals surface area contributed by atoms with E-state index in [1.165, 1.54) is 13.2 Å². The van der Waals surface area contributed by atoms with Crippen LogP contribution in [0.2, 0.25) is 5.02 Å². The lowest BCUT2D eigenvalue weighted by Gasteiger charge is -2.31. The number of likely N-dealkylation sites (tertiary alicyclic amines) is 1. The molecule has 0 aliphatic carbocycles. The van der Waals surface area contributed by atoms with Gasteiger partial charge in [0.25, 0.3) is 0 Å². The van der Waals surface area contributed by atoms with E-state index in [2.05, 4.69) is 10.2 Å². The second-order valence-electron chi connectivity index (χ2n) is 6.81. The molecule has 2 aromatic carbocycles. The zero-order valence-electron chi connectivity index (χ0n) is 15.6. The van der Waals surface area contributed by atoms with Crippen LogP contribution in [-0.4, -0.2) is 37.0 Å². The molecule has 7 heteroatoms. The van der Waals surface area contributed by atoms with Crippen LogP contribution in [0.5, 0.6) is 0 Å². The number of carbonyl (C=O) groups is 2. The average molecular weight is 405 g/mol. The Morgan fingerprint density at radius 1 is 1.21 bits per heavy atom. The van der Waals surface area contributed by atoms with Crippen molar-refractivity contribution in [3.05, 3.63) is 64.4 Å². The third kappa shape index (κ3) is 4.88. The molecule has 1 heterocycles. The van der Waals surface area contributed by atoms with Crippen LogP contribution in [0.1, 0.15) is 28.8 Å². The Morgan fingerprint density at radius 2 is 1.93 bits per heavy atom. The molecule has 28 heavy (non-hydrogen) atoms. The van der Waals surface area contributed by atoms with E-state index in [1.54, 1.807) is 36.4 Å². The molecule has 1 aliphatic rings. The second-order valence-corrected chi connectivity index (χ2v) is 7.25. The zero-order valence-corrected chi connectivity index (χ0v) is 16.3. The van der Waals surface area contributed by atoms with Gasteiger partial charge in [0, 0.05) is 23.0 Å². The first-order valence-electron chi connectivity index (χ1n) is 9.12. The Kier molecular flexibility index (Phi) is 6.65. The number of nitrogens with one attached hydrogen (secondary N) is 1. The van der Waals surface area contributed by atoms with Crippen molar-refractivity contribution in [1.82, 2.24) is 4.90 Å². The van der Waals surface area contributed by atoms with Crippen LogP contribution in [-0.2, 0) is 16.1 Å². The van der Waals surface area contributed by atoms with Gasteiger partial charge >= 0.3 is 5.97 Å². The average Bonchev–Trinajstić information content (AvgIpc) is 2.70. The maximum Gasteiger partial charge on any atom is 0.339 e. The van der Waals surface area contributed by atoms with Gasteiger partial charge in [-0.1, -0.05) is 29.8 Å². The van der Waals surface area contributed by atoms with Gasteiger partial charge in [-0.05, 0) is 50.2 Å². The number of anilines is 1. The van der Waals surface area contributed by atoms with Crippen molar-refractivity contribution in [2.24, 2.45) is 5.92 Å². The second kappa shape index (κ2) is 9.17. The lowest BCUT2D eigenvalue weighted by atomic mass is 9.95. The number of benzene rings is 2. The fourth-order valence-corrected chi connectivity index (χ4v) is 3.52. The number of esters is 1. The SMILES string of the molecule is COC(=O)c1ccccc1NC(=O)C1CCN(Cc2ccc(Cl)cc2F)CC1. The summed E-state index contributed by atoms with van der Waals surface area (Å²) in [6.45, 7) is 1.88.